The first-order valence-electron chi connectivity index (χ1n) is 10.6. The van der Waals surface area contributed by atoms with E-state index in [1.54, 1.807) is 18.2 Å². The zero-order chi connectivity index (χ0) is 24.5. The molecule has 0 amide bonds. The number of benzene rings is 2. The SMILES string of the molecule is COc1ccc2cc(CN(CC3CCCO3)S(=O)(=O)c3ccccc3C(F)(F)F)c(=O)[nH]c2c1. The monoisotopic (exact) mass is 496 g/mol. The second-order valence-electron chi connectivity index (χ2n) is 8.00. The van der Waals surface area contributed by atoms with Gasteiger partial charge in [-0.05, 0) is 48.6 Å². The summed E-state index contributed by atoms with van der Waals surface area (Å²) < 4.78 is 79.4. The van der Waals surface area contributed by atoms with Gasteiger partial charge < -0.3 is 14.5 Å². The average molecular weight is 497 g/mol. The number of halogens is 3. The predicted octanol–water partition coefficient (Wildman–Crippen LogP) is 3.93. The van der Waals surface area contributed by atoms with E-state index in [1.165, 1.54) is 19.2 Å². The lowest BCUT2D eigenvalue weighted by Crippen LogP contribution is -2.39. The zero-order valence-electron chi connectivity index (χ0n) is 18.3. The van der Waals surface area contributed by atoms with Crippen LogP contribution in [0.5, 0.6) is 5.75 Å². The van der Waals surface area contributed by atoms with Crippen molar-refractivity contribution < 1.29 is 31.1 Å². The topological polar surface area (TPSA) is 88.7 Å². The predicted molar refractivity (Wildman–Crippen MR) is 119 cm³/mol. The first-order valence-corrected chi connectivity index (χ1v) is 12.0. The maximum atomic E-state index is 13.6. The standard InChI is InChI=1S/C23H23F3N2O5S/c1-32-17-9-8-15-11-16(22(29)27-20(15)12-17)13-28(14-18-5-4-10-33-18)34(30,31)21-7-3-2-6-19(21)23(24,25)26/h2-3,6-9,11-12,18H,4-5,10,13-14H2,1H3,(H,27,29). The number of alkyl halides is 3. The second-order valence-corrected chi connectivity index (χ2v) is 9.91. The molecular formula is C23H23F3N2O5S. The molecule has 1 fully saturated rings. The van der Waals surface area contributed by atoms with Crippen LogP contribution in [0.15, 0.2) is 58.2 Å². The number of hydrogen-bond acceptors (Lipinski definition) is 5. The second kappa shape index (κ2) is 9.40. The third-order valence-electron chi connectivity index (χ3n) is 5.72. The number of H-pyrrole nitrogens is 1. The van der Waals surface area contributed by atoms with Gasteiger partial charge in [0.1, 0.15) is 5.75 Å². The van der Waals surface area contributed by atoms with Gasteiger partial charge in [0.15, 0.2) is 0 Å². The molecule has 1 unspecified atom stereocenters. The van der Waals surface area contributed by atoms with Crippen LogP contribution in [-0.2, 0) is 27.5 Å². The van der Waals surface area contributed by atoms with E-state index < -0.39 is 44.9 Å². The first kappa shape index (κ1) is 24.2. The van der Waals surface area contributed by atoms with Gasteiger partial charge in [0.2, 0.25) is 10.0 Å². The summed E-state index contributed by atoms with van der Waals surface area (Å²) in [6.45, 7) is -0.142. The van der Waals surface area contributed by atoms with E-state index in [-0.39, 0.29) is 12.1 Å². The number of sulfonamides is 1. The molecule has 0 radical (unpaired) electrons. The van der Waals surface area contributed by atoms with Crippen LogP contribution < -0.4 is 10.3 Å². The molecule has 34 heavy (non-hydrogen) atoms. The van der Waals surface area contributed by atoms with Crippen LogP contribution >= 0.6 is 0 Å². The van der Waals surface area contributed by atoms with E-state index in [9.17, 15) is 26.4 Å². The molecule has 11 heteroatoms. The van der Waals surface area contributed by atoms with Crippen LogP contribution in [0.25, 0.3) is 10.9 Å². The third kappa shape index (κ3) is 4.96. The van der Waals surface area contributed by atoms with Crippen LogP contribution in [0.1, 0.15) is 24.0 Å². The maximum Gasteiger partial charge on any atom is 0.417 e. The highest BCUT2D eigenvalue weighted by atomic mass is 32.2. The lowest BCUT2D eigenvalue weighted by molar-refractivity contribution is -0.139. The fraction of sp³-hybridized carbons (Fsp3) is 0.348. The minimum Gasteiger partial charge on any atom is -0.497 e. The van der Waals surface area contributed by atoms with Gasteiger partial charge in [-0.25, -0.2) is 8.42 Å². The Bertz CT molecular complexity index is 1350. The average Bonchev–Trinajstić information content (AvgIpc) is 3.31. The van der Waals surface area contributed by atoms with Crippen molar-refractivity contribution in [3.63, 3.8) is 0 Å². The largest absolute Gasteiger partial charge is 0.497 e. The molecule has 1 saturated heterocycles. The number of nitrogens with one attached hydrogen (secondary N) is 1. The van der Waals surface area contributed by atoms with E-state index in [4.69, 9.17) is 9.47 Å². The van der Waals surface area contributed by atoms with Gasteiger partial charge in [-0.3, -0.25) is 4.79 Å². The number of aromatic nitrogens is 1. The number of fused-ring (bicyclic) bond motifs is 1. The number of nitrogens with zero attached hydrogens (tertiary/aromatic N) is 1. The Morgan fingerprint density at radius 1 is 1.18 bits per heavy atom. The molecule has 1 aliphatic heterocycles. The van der Waals surface area contributed by atoms with Gasteiger partial charge in [0.05, 0.1) is 29.2 Å². The third-order valence-corrected chi connectivity index (χ3v) is 7.59. The smallest absolute Gasteiger partial charge is 0.417 e. The summed E-state index contributed by atoms with van der Waals surface area (Å²) >= 11 is 0. The van der Waals surface area contributed by atoms with Crippen molar-refractivity contribution in [2.24, 2.45) is 0 Å². The first-order chi connectivity index (χ1) is 16.1. The van der Waals surface area contributed by atoms with E-state index in [2.05, 4.69) is 4.98 Å². The molecule has 2 heterocycles. The normalized spacial score (nSPS) is 16.9. The lowest BCUT2D eigenvalue weighted by Gasteiger charge is -2.26. The van der Waals surface area contributed by atoms with Crippen molar-refractivity contribution in [1.82, 2.24) is 9.29 Å². The number of pyridine rings is 1. The summed E-state index contributed by atoms with van der Waals surface area (Å²) in [6.07, 6.45) is -4.05. The Balaban J connectivity index is 1.77. The van der Waals surface area contributed by atoms with Gasteiger partial charge in [0.25, 0.3) is 5.56 Å². The molecule has 0 spiro atoms. The maximum absolute atomic E-state index is 13.6. The van der Waals surface area contributed by atoms with Crippen molar-refractivity contribution in [2.45, 2.75) is 36.6 Å². The molecule has 2 aromatic carbocycles. The van der Waals surface area contributed by atoms with Crippen molar-refractivity contribution in [3.05, 3.63) is 70.0 Å². The zero-order valence-corrected chi connectivity index (χ0v) is 19.1. The van der Waals surface area contributed by atoms with Crippen LogP contribution in [0.2, 0.25) is 0 Å². The molecule has 182 valence electrons. The van der Waals surface area contributed by atoms with Gasteiger partial charge >= 0.3 is 6.18 Å². The number of rotatable bonds is 7. The van der Waals surface area contributed by atoms with E-state index in [0.717, 1.165) is 28.9 Å². The summed E-state index contributed by atoms with van der Waals surface area (Å²) in [5, 5.41) is 0.626. The number of ether oxygens (including phenoxy) is 2. The summed E-state index contributed by atoms with van der Waals surface area (Å²) in [4.78, 5) is 14.6. The van der Waals surface area contributed by atoms with Gasteiger partial charge in [0, 0.05) is 31.3 Å². The molecule has 1 atom stereocenters. The molecular weight excluding hydrogens is 473 g/mol. The molecule has 0 saturated carbocycles. The fourth-order valence-corrected chi connectivity index (χ4v) is 5.65. The van der Waals surface area contributed by atoms with Crippen molar-refractivity contribution in [2.75, 3.05) is 20.3 Å². The Morgan fingerprint density at radius 3 is 2.62 bits per heavy atom. The Labute approximate surface area is 194 Å². The Morgan fingerprint density at radius 2 is 1.94 bits per heavy atom. The number of aromatic amines is 1. The molecule has 1 aromatic heterocycles. The van der Waals surface area contributed by atoms with Crippen LogP contribution in [0.3, 0.4) is 0 Å². The summed E-state index contributed by atoms with van der Waals surface area (Å²) in [6, 6.07) is 10.6. The van der Waals surface area contributed by atoms with E-state index in [1.807, 2.05) is 0 Å². The fourth-order valence-electron chi connectivity index (χ4n) is 3.99. The van der Waals surface area contributed by atoms with Crippen molar-refractivity contribution in [1.29, 1.82) is 0 Å². The minimum absolute atomic E-state index is 0.101. The van der Waals surface area contributed by atoms with E-state index >= 15 is 0 Å². The molecule has 7 nitrogen and oxygen atoms in total. The lowest BCUT2D eigenvalue weighted by atomic mass is 10.1. The summed E-state index contributed by atoms with van der Waals surface area (Å²) in [7, 11) is -3.13. The van der Waals surface area contributed by atoms with Gasteiger partial charge in [-0.2, -0.15) is 17.5 Å². The highest BCUT2D eigenvalue weighted by Gasteiger charge is 2.39. The molecule has 4 rings (SSSR count). The summed E-state index contributed by atoms with van der Waals surface area (Å²) in [5.41, 5.74) is -1.21. The van der Waals surface area contributed by atoms with Crippen LogP contribution in [-0.4, -0.2) is 44.1 Å². The van der Waals surface area contributed by atoms with Crippen molar-refractivity contribution >= 4 is 20.9 Å². The van der Waals surface area contributed by atoms with Gasteiger partial charge in [-0.1, -0.05) is 12.1 Å². The Hall–Kier alpha value is -2.89. The molecule has 0 aliphatic carbocycles. The molecule has 3 aromatic rings. The molecule has 1 aliphatic rings. The highest BCUT2D eigenvalue weighted by Crippen LogP contribution is 2.35. The minimum atomic E-state index is -4.86. The summed E-state index contributed by atoms with van der Waals surface area (Å²) in [5.74, 6) is 0.530. The number of hydrogen-bond donors (Lipinski definition) is 1. The Kier molecular flexibility index (Phi) is 6.70. The van der Waals surface area contributed by atoms with Crippen molar-refractivity contribution in [3.8, 4) is 5.75 Å². The highest BCUT2D eigenvalue weighted by molar-refractivity contribution is 7.89. The number of methoxy groups -OCH3 is 1. The van der Waals surface area contributed by atoms with E-state index in [0.29, 0.717) is 29.7 Å². The molecule has 1 N–H and O–H groups in total. The quantitative estimate of drug-likeness (QED) is 0.536. The van der Waals surface area contributed by atoms with Crippen LogP contribution in [0, 0.1) is 0 Å². The van der Waals surface area contributed by atoms with Gasteiger partial charge in [-0.15, -0.1) is 0 Å². The molecule has 0 bridgehead atoms. The van der Waals surface area contributed by atoms with Crippen LogP contribution in [0.4, 0.5) is 13.2 Å².